The lowest BCUT2D eigenvalue weighted by molar-refractivity contribution is 0.0918. The SMILES string of the molecule is C=C(C)CC(NC)C(CC)(CC)N(C)C. The van der Waals surface area contributed by atoms with Crippen LogP contribution in [-0.2, 0) is 0 Å². The van der Waals surface area contributed by atoms with Crippen LogP contribution in [-0.4, -0.2) is 37.6 Å². The second-order valence-corrected chi connectivity index (χ2v) is 4.71. The van der Waals surface area contributed by atoms with E-state index in [0.717, 1.165) is 19.3 Å². The maximum atomic E-state index is 4.03. The van der Waals surface area contributed by atoms with E-state index >= 15 is 0 Å². The minimum atomic E-state index is 0.244. The van der Waals surface area contributed by atoms with Crippen molar-refractivity contribution in [3.05, 3.63) is 12.2 Å². The van der Waals surface area contributed by atoms with Gasteiger partial charge in [-0.15, -0.1) is 6.58 Å². The topological polar surface area (TPSA) is 15.3 Å². The van der Waals surface area contributed by atoms with E-state index in [1.54, 1.807) is 0 Å². The van der Waals surface area contributed by atoms with Crippen molar-refractivity contribution in [2.75, 3.05) is 21.1 Å². The molecule has 0 spiro atoms. The van der Waals surface area contributed by atoms with Gasteiger partial charge in [-0.05, 0) is 47.3 Å². The molecule has 0 heterocycles. The van der Waals surface area contributed by atoms with Gasteiger partial charge in [0.1, 0.15) is 0 Å². The molecule has 0 aromatic rings. The zero-order valence-corrected chi connectivity index (χ0v) is 11.4. The Morgan fingerprint density at radius 2 is 1.80 bits per heavy atom. The highest BCUT2D eigenvalue weighted by Gasteiger charge is 2.36. The Bertz CT molecular complexity index is 193. The molecule has 0 radical (unpaired) electrons. The number of hydrogen-bond donors (Lipinski definition) is 1. The summed E-state index contributed by atoms with van der Waals surface area (Å²) in [7, 11) is 6.41. The number of nitrogens with zero attached hydrogens (tertiary/aromatic N) is 1. The summed E-state index contributed by atoms with van der Waals surface area (Å²) >= 11 is 0. The summed E-state index contributed by atoms with van der Waals surface area (Å²) in [6.45, 7) is 10.7. The quantitative estimate of drug-likeness (QED) is 0.653. The van der Waals surface area contributed by atoms with Crippen molar-refractivity contribution in [3.8, 4) is 0 Å². The predicted octanol–water partition coefficient (Wildman–Crippen LogP) is 2.66. The van der Waals surface area contributed by atoms with Crippen LogP contribution in [0.1, 0.15) is 40.0 Å². The van der Waals surface area contributed by atoms with E-state index in [1.807, 2.05) is 0 Å². The van der Waals surface area contributed by atoms with Crippen LogP contribution in [0.5, 0.6) is 0 Å². The van der Waals surface area contributed by atoms with E-state index in [9.17, 15) is 0 Å². The number of rotatable bonds is 7. The molecule has 1 unspecified atom stereocenters. The highest BCUT2D eigenvalue weighted by molar-refractivity contribution is 5.03. The molecule has 0 rings (SSSR count). The lowest BCUT2D eigenvalue weighted by Crippen LogP contribution is -2.57. The normalized spacial score (nSPS) is 14.3. The molecule has 0 aliphatic rings. The van der Waals surface area contributed by atoms with E-state index in [4.69, 9.17) is 0 Å². The molecular formula is C13H28N2. The molecule has 2 nitrogen and oxygen atoms in total. The fraction of sp³-hybridized carbons (Fsp3) is 0.846. The maximum Gasteiger partial charge on any atom is 0.0354 e. The fourth-order valence-corrected chi connectivity index (χ4v) is 2.60. The third kappa shape index (κ3) is 3.32. The zero-order chi connectivity index (χ0) is 12.1. The third-order valence-electron chi connectivity index (χ3n) is 3.66. The molecule has 0 amide bonds. The van der Waals surface area contributed by atoms with Crippen molar-refractivity contribution in [1.29, 1.82) is 0 Å². The molecule has 1 atom stereocenters. The van der Waals surface area contributed by atoms with Gasteiger partial charge in [-0.25, -0.2) is 0 Å². The third-order valence-corrected chi connectivity index (χ3v) is 3.66. The summed E-state index contributed by atoms with van der Waals surface area (Å²) < 4.78 is 0. The highest BCUT2D eigenvalue weighted by Crippen LogP contribution is 2.28. The molecule has 0 aromatic carbocycles. The van der Waals surface area contributed by atoms with Crippen molar-refractivity contribution < 1.29 is 0 Å². The molecule has 0 fully saturated rings. The summed E-state index contributed by atoms with van der Waals surface area (Å²) in [4.78, 5) is 2.36. The van der Waals surface area contributed by atoms with E-state index in [0.29, 0.717) is 6.04 Å². The van der Waals surface area contributed by atoms with Crippen LogP contribution in [0, 0.1) is 0 Å². The number of nitrogens with one attached hydrogen (secondary N) is 1. The van der Waals surface area contributed by atoms with Gasteiger partial charge in [0, 0.05) is 11.6 Å². The Morgan fingerprint density at radius 1 is 1.33 bits per heavy atom. The average Bonchev–Trinajstić information content (AvgIpc) is 2.17. The van der Waals surface area contributed by atoms with Crippen LogP contribution in [0.15, 0.2) is 12.2 Å². The number of hydrogen-bond acceptors (Lipinski definition) is 2. The van der Waals surface area contributed by atoms with Crippen LogP contribution < -0.4 is 5.32 Å². The Morgan fingerprint density at radius 3 is 2.00 bits per heavy atom. The first-order valence-electron chi connectivity index (χ1n) is 5.93. The smallest absolute Gasteiger partial charge is 0.0354 e. The molecular weight excluding hydrogens is 184 g/mol. The minimum absolute atomic E-state index is 0.244. The van der Waals surface area contributed by atoms with Crippen molar-refractivity contribution >= 4 is 0 Å². The molecule has 0 aliphatic heterocycles. The molecule has 0 aromatic heterocycles. The maximum absolute atomic E-state index is 4.03. The van der Waals surface area contributed by atoms with Crippen LogP contribution in [0.25, 0.3) is 0 Å². The summed E-state index contributed by atoms with van der Waals surface area (Å²) in [5.74, 6) is 0. The molecule has 0 bridgehead atoms. The first kappa shape index (κ1) is 14.7. The predicted molar refractivity (Wildman–Crippen MR) is 69.3 cm³/mol. The lowest BCUT2D eigenvalue weighted by Gasteiger charge is -2.45. The van der Waals surface area contributed by atoms with Gasteiger partial charge in [-0.1, -0.05) is 19.4 Å². The molecule has 0 saturated heterocycles. The second-order valence-electron chi connectivity index (χ2n) is 4.71. The van der Waals surface area contributed by atoms with Crippen molar-refractivity contribution in [3.63, 3.8) is 0 Å². The summed E-state index contributed by atoms with van der Waals surface area (Å²) in [5.41, 5.74) is 1.50. The van der Waals surface area contributed by atoms with Gasteiger partial charge in [-0.2, -0.15) is 0 Å². The van der Waals surface area contributed by atoms with E-state index < -0.39 is 0 Å². The summed E-state index contributed by atoms with van der Waals surface area (Å²) in [6.07, 6.45) is 3.38. The van der Waals surface area contributed by atoms with Crippen LogP contribution in [0.2, 0.25) is 0 Å². The lowest BCUT2D eigenvalue weighted by atomic mass is 9.80. The fourth-order valence-electron chi connectivity index (χ4n) is 2.60. The van der Waals surface area contributed by atoms with Gasteiger partial charge in [0.25, 0.3) is 0 Å². The molecule has 0 saturated carbocycles. The Balaban J connectivity index is 4.91. The van der Waals surface area contributed by atoms with Crippen LogP contribution in [0.4, 0.5) is 0 Å². The summed E-state index contributed by atoms with van der Waals surface area (Å²) in [5, 5.41) is 3.46. The number of likely N-dealkylation sites (N-methyl/N-ethyl adjacent to an activating group) is 2. The molecule has 1 N–H and O–H groups in total. The first-order chi connectivity index (χ1) is 6.94. The van der Waals surface area contributed by atoms with E-state index in [-0.39, 0.29) is 5.54 Å². The highest BCUT2D eigenvalue weighted by atomic mass is 15.2. The molecule has 15 heavy (non-hydrogen) atoms. The Labute approximate surface area is 95.7 Å². The van der Waals surface area contributed by atoms with Crippen molar-refractivity contribution in [2.45, 2.75) is 51.6 Å². The van der Waals surface area contributed by atoms with Gasteiger partial charge in [0.15, 0.2) is 0 Å². The van der Waals surface area contributed by atoms with E-state index in [1.165, 1.54) is 5.57 Å². The Hall–Kier alpha value is -0.340. The molecule has 0 aliphatic carbocycles. The average molecular weight is 212 g/mol. The molecule has 90 valence electrons. The van der Waals surface area contributed by atoms with E-state index in [2.05, 4.69) is 58.7 Å². The Kier molecular flexibility index (Phi) is 6.15. The largest absolute Gasteiger partial charge is 0.315 e. The van der Waals surface area contributed by atoms with Gasteiger partial charge in [0.05, 0.1) is 0 Å². The van der Waals surface area contributed by atoms with Crippen molar-refractivity contribution in [2.24, 2.45) is 0 Å². The molecule has 2 heteroatoms. The zero-order valence-electron chi connectivity index (χ0n) is 11.4. The van der Waals surface area contributed by atoms with Gasteiger partial charge >= 0.3 is 0 Å². The van der Waals surface area contributed by atoms with Gasteiger partial charge in [-0.3, -0.25) is 0 Å². The first-order valence-corrected chi connectivity index (χ1v) is 5.93. The standard InChI is InChI=1S/C13H28N2/c1-8-13(9-2,15(6)7)12(14-5)10-11(3)4/h12,14H,3,8-10H2,1-2,4-7H3. The van der Waals surface area contributed by atoms with Gasteiger partial charge in [0.2, 0.25) is 0 Å². The van der Waals surface area contributed by atoms with Crippen LogP contribution in [0.3, 0.4) is 0 Å². The van der Waals surface area contributed by atoms with Gasteiger partial charge < -0.3 is 10.2 Å². The minimum Gasteiger partial charge on any atom is -0.315 e. The monoisotopic (exact) mass is 212 g/mol. The van der Waals surface area contributed by atoms with Crippen molar-refractivity contribution in [1.82, 2.24) is 10.2 Å². The second kappa shape index (κ2) is 6.29. The van der Waals surface area contributed by atoms with Crippen LogP contribution >= 0.6 is 0 Å². The summed E-state index contributed by atoms with van der Waals surface area (Å²) in [6, 6.07) is 0.486.